The summed E-state index contributed by atoms with van der Waals surface area (Å²) in [6.45, 7) is 10.8. The lowest BCUT2D eigenvalue weighted by molar-refractivity contribution is 0.231. The summed E-state index contributed by atoms with van der Waals surface area (Å²) in [6.07, 6.45) is 6.59. The zero-order valence-corrected chi connectivity index (χ0v) is 12.9. The zero-order valence-electron chi connectivity index (χ0n) is 12.9. The molecule has 1 aliphatic heterocycles. The quantitative estimate of drug-likeness (QED) is 0.779. The summed E-state index contributed by atoms with van der Waals surface area (Å²) in [5, 5.41) is 0. The number of hydrogen-bond donors (Lipinski definition) is 0. The van der Waals surface area contributed by atoms with Crippen LogP contribution in [0.2, 0.25) is 0 Å². The standard InChI is InChI=1S/C18H29N/c1-18(2,3)15-17-9-7-16(8-10-17)11-14-19-12-5-4-6-13-19/h7-10H,4-6,11-15H2,1-3H3. The van der Waals surface area contributed by atoms with Gasteiger partial charge in [-0.25, -0.2) is 0 Å². The molecule has 0 bridgehead atoms. The Hall–Kier alpha value is -0.820. The van der Waals surface area contributed by atoms with E-state index in [1.54, 1.807) is 0 Å². The largest absolute Gasteiger partial charge is 0.303 e. The first-order valence-electron chi connectivity index (χ1n) is 7.83. The van der Waals surface area contributed by atoms with Crippen molar-refractivity contribution < 1.29 is 0 Å². The van der Waals surface area contributed by atoms with E-state index in [0.29, 0.717) is 5.41 Å². The highest BCUT2D eigenvalue weighted by molar-refractivity contribution is 5.23. The van der Waals surface area contributed by atoms with Crippen molar-refractivity contribution >= 4 is 0 Å². The van der Waals surface area contributed by atoms with Crippen LogP contribution in [-0.2, 0) is 12.8 Å². The molecular weight excluding hydrogens is 230 g/mol. The van der Waals surface area contributed by atoms with E-state index in [1.807, 2.05) is 0 Å². The van der Waals surface area contributed by atoms with Gasteiger partial charge >= 0.3 is 0 Å². The van der Waals surface area contributed by atoms with Crippen molar-refractivity contribution in [3.63, 3.8) is 0 Å². The predicted molar refractivity (Wildman–Crippen MR) is 83.6 cm³/mol. The average Bonchev–Trinajstić information content (AvgIpc) is 2.37. The van der Waals surface area contributed by atoms with E-state index >= 15 is 0 Å². The molecule has 0 spiro atoms. The topological polar surface area (TPSA) is 3.24 Å². The number of likely N-dealkylation sites (tertiary alicyclic amines) is 1. The van der Waals surface area contributed by atoms with Crippen molar-refractivity contribution in [2.24, 2.45) is 5.41 Å². The Morgan fingerprint density at radius 2 is 1.47 bits per heavy atom. The maximum absolute atomic E-state index is 2.62. The Balaban J connectivity index is 1.81. The molecule has 0 unspecified atom stereocenters. The molecule has 1 heterocycles. The van der Waals surface area contributed by atoms with E-state index in [2.05, 4.69) is 49.9 Å². The van der Waals surface area contributed by atoms with Crippen LogP contribution in [0.4, 0.5) is 0 Å². The monoisotopic (exact) mass is 259 g/mol. The van der Waals surface area contributed by atoms with Crippen LogP contribution in [-0.4, -0.2) is 24.5 Å². The van der Waals surface area contributed by atoms with Crippen LogP contribution >= 0.6 is 0 Å². The first-order chi connectivity index (χ1) is 9.03. The molecule has 1 aromatic rings. The summed E-state index contributed by atoms with van der Waals surface area (Å²) in [5.41, 5.74) is 3.34. The van der Waals surface area contributed by atoms with E-state index < -0.39 is 0 Å². The molecule has 2 rings (SSSR count). The summed E-state index contributed by atoms with van der Waals surface area (Å²) >= 11 is 0. The molecule has 0 saturated carbocycles. The molecule has 1 aliphatic rings. The van der Waals surface area contributed by atoms with E-state index in [4.69, 9.17) is 0 Å². The average molecular weight is 259 g/mol. The Kier molecular flexibility index (Phi) is 5.04. The molecule has 106 valence electrons. The summed E-state index contributed by atoms with van der Waals surface area (Å²) in [5.74, 6) is 0. The number of rotatable bonds is 4. The molecule has 0 amide bonds. The number of nitrogens with zero attached hydrogens (tertiary/aromatic N) is 1. The van der Waals surface area contributed by atoms with Crippen molar-refractivity contribution in [1.29, 1.82) is 0 Å². The van der Waals surface area contributed by atoms with Gasteiger partial charge in [-0.3, -0.25) is 0 Å². The Bertz CT molecular complexity index is 366. The third-order valence-corrected chi connectivity index (χ3v) is 3.92. The summed E-state index contributed by atoms with van der Waals surface area (Å²) < 4.78 is 0. The lowest BCUT2D eigenvalue weighted by Gasteiger charge is -2.26. The second-order valence-corrected chi connectivity index (χ2v) is 7.21. The van der Waals surface area contributed by atoms with Crippen molar-refractivity contribution in [1.82, 2.24) is 4.90 Å². The lowest BCUT2D eigenvalue weighted by atomic mass is 9.88. The first kappa shape index (κ1) is 14.6. The smallest absolute Gasteiger partial charge is 0.00218 e. The van der Waals surface area contributed by atoms with Crippen molar-refractivity contribution in [2.45, 2.75) is 52.9 Å². The molecule has 1 heteroatoms. The minimum atomic E-state index is 0.384. The van der Waals surface area contributed by atoms with Crippen molar-refractivity contribution in [3.8, 4) is 0 Å². The third-order valence-electron chi connectivity index (χ3n) is 3.92. The van der Waals surface area contributed by atoms with Crippen molar-refractivity contribution in [3.05, 3.63) is 35.4 Å². The highest BCUT2D eigenvalue weighted by Crippen LogP contribution is 2.20. The molecule has 19 heavy (non-hydrogen) atoms. The van der Waals surface area contributed by atoms with Gasteiger partial charge in [0, 0.05) is 6.54 Å². The molecule has 1 nitrogen and oxygen atoms in total. The van der Waals surface area contributed by atoms with Crippen molar-refractivity contribution in [2.75, 3.05) is 19.6 Å². The Morgan fingerprint density at radius 1 is 0.895 bits per heavy atom. The van der Waals surface area contributed by atoms with Gasteiger partial charge in [0.2, 0.25) is 0 Å². The van der Waals surface area contributed by atoms with Gasteiger partial charge in [-0.1, -0.05) is 51.5 Å². The van der Waals surface area contributed by atoms with E-state index in [1.165, 1.54) is 62.9 Å². The van der Waals surface area contributed by atoms with Crippen LogP contribution in [0.5, 0.6) is 0 Å². The first-order valence-corrected chi connectivity index (χ1v) is 7.83. The zero-order chi connectivity index (χ0) is 13.7. The summed E-state index contributed by atoms with van der Waals surface area (Å²) in [4.78, 5) is 2.62. The van der Waals surface area contributed by atoms with Gasteiger partial charge in [-0.05, 0) is 55.3 Å². The highest BCUT2D eigenvalue weighted by Gasteiger charge is 2.12. The minimum absolute atomic E-state index is 0.384. The third kappa shape index (κ3) is 5.36. The molecule has 0 aromatic heterocycles. The van der Waals surface area contributed by atoms with Crippen LogP contribution < -0.4 is 0 Å². The number of hydrogen-bond acceptors (Lipinski definition) is 1. The second-order valence-electron chi connectivity index (χ2n) is 7.21. The van der Waals surface area contributed by atoms with E-state index in [-0.39, 0.29) is 0 Å². The SMILES string of the molecule is CC(C)(C)Cc1ccc(CCN2CCCCC2)cc1. The lowest BCUT2D eigenvalue weighted by Crippen LogP contribution is -2.31. The molecule has 0 aliphatic carbocycles. The van der Waals surface area contributed by atoms with Gasteiger partial charge in [0.15, 0.2) is 0 Å². The van der Waals surface area contributed by atoms with Gasteiger partial charge < -0.3 is 4.90 Å². The van der Waals surface area contributed by atoms with Crippen LogP contribution in [0.25, 0.3) is 0 Å². The fraction of sp³-hybridized carbons (Fsp3) is 0.667. The van der Waals surface area contributed by atoms with Gasteiger partial charge in [-0.2, -0.15) is 0 Å². The van der Waals surface area contributed by atoms with Crippen LogP contribution in [0, 0.1) is 5.41 Å². The van der Waals surface area contributed by atoms with Crippen LogP contribution in [0.1, 0.15) is 51.2 Å². The van der Waals surface area contributed by atoms with E-state index in [0.717, 1.165) is 0 Å². The number of benzene rings is 1. The predicted octanol–water partition coefficient (Wildman–Crippen LogP) is 4.30. The molecular formula is C18H29N. The molecule has 1 fully saturated rings. The summed E-state index contributed by atoms with van der Waals surface area (Å²) in [7, 11) is 0. The van der Waals surface area contributed by atoms with Gasteiger partial charge in [-0.15, -0.1) is 0 Å². The van der Waals surface area contributed by atoms with Crippen LogP contribution in [0.15, 0.2) is 24.3 Å². The molecule has 1 saturated heterocycles. The fourth-order valence-electron chi connectivity index (χ4n) is 2.91. The maximum Gasteiger partial charge on any atom is 0.00218 e. The highest BCUT2D eigenvalue weighted by atomic mass is 15.1. The maximum atomic E-state index is 2.62. The number of piperidine rings is 1. The normalized spacial score (nSPS) is 17.6. The second kappa shape index (κ2) is 6.56. The molecule has 0 radical (unpaired) electrons. The molecule has 1 aromatic carbocycles. The summed E-state index contributed by atoms with van der Waals surface area (Å²) in [6, 6.07) is 9.28. The van der Waals surface area contributed by atoms with E-state index in [9.17, 15) is 0 Å². The van der Waals surface area contributed by atoms with Gasteiger partial charge in [0.25, 0.3) is 0 Å². The van der Waals surface area contributed by atoms with Gasteiger partial charge in [0.05, 0.1) is 0 Å². The van der Waals surface area contributed by atoms with Gasteiger partial charge in [0.1, 0.15) is 0 Å². The molecule has 0 N–H and O–H groups in total. The minimum Gasteiger partial charge on any atom is -0.303 e. The fourth-order valence-corrected chi connectivity index (χ4v) is 2.91. The van der Waals surface area contributed by atoms with Crippen LogP contribution in [0.3, 0.4) is 0 Å². The molecule has 0 atom stereocenters. The Labute approximate surface area is 119 Å². The Morgan fingerprint density at radius 3 is 2.05 bits per heavy atom.